The summed E-state index contributed by atoms with van der Waals surface area (Å²) < 4.78 is 0. The number of carbonyl (C=O) groups is 2. The van der Waals surface area contributed by atoms with E-state index in [9.17, 15) is 9.59 Å². The van der Waals surface area contributed by atoms with Gasteiger partial charge in [0.25, 0.3) is 0 Å². The third-order valence-corrected chi connectivity index (χ3v) is 2.71. The van der Waals surface area contributed by atoms with E-state index in [2.05, 4.69) is 25.8 Å². The lowest BCUT2D eigenvalue weighted by Crippen LogP contribution is -2.51. The molecule has 0 bridgehead atoms. The second kappa shape index (κ2) is 6.10. The molecule has 98 valence electrons. The number of rotatable bonds is 3. The molecule has 0 radical (unpaired) electrons. The van der Waals surface area contributed by atoms with Crippen molar-refractivity contribution in [3.63, 3.8) is 0 Å². The highest BCUT2D eigenvalue weighted by Gasteiger charge is 2.22. The number of hydrogen-bond donors (Lipinski definition) is 3. The summed E-state index contributed by atoms with van der Waals surface area (Å²) in [4.78, 5) is 28.8. The molecule has 0 unspecified atom stereocenters. The van der Waals surface area contributed by atoms with Gasteiger partial charge >= 0.3 is 11.8 Å². The standard InChI is InChI=1S/C10H16N6O2/c17-9(10(18)16-5-3-11-4-6-16)12-2-1-8-13-7-14-15-8/h7,11H,1-6H2,(H,12,17)(H,13,14,15). The van der Waals surface area contributed by atoms with E-state index in [0.29, 0.717) is 31.9 Å². The van der Waals surface area contributed by atoms with Gasteiger partial charge in [-0.3, -0.25) is 14.7 Å². The van der Waals surface area contributed by atoms with Crippen molar-refractivity contribution in [3.8, 4) is 0 Å². The van der Waals surface area contributed by atoms with Gasteiger partial charge in [0, 0.05) is 39.1 Å². The SMILES string of the molecule is O=C(NCCc1ncn[nH]1)C(=O)N1CCNCC1. The number of aromatic amines is 1. The van der Waals surface area contributed by atoms with Gasteiger partial charge in [0.15, 0.2) is 0 Å². The Kier molecular flexibility index (Phi) is 4.24. The van der Waals surface area contributed by atoms with E-state index in [1.165, 1.54) is 6.33 Å². The van der Waals surface area contributed by atoms with E-state index < -0.39 is 11.8 Å². The van der Waals surface area contributed by atoms with Crippen molar-refractivity contribution in [2.75, 3.05) is 32.7 Å². The molecule has 0 aliphatic carbocycles. The van der Waals surface area contributed by atoms with Crippen LogP contribution in [0.2, 0.25) is 0 Å². The molecule has 2 heterocycles. The van der Waals surface area contributed by atoms with Crippen molar-refractivity contribution in [2.45, 2.75) is 6.42 Å². The van der Waals surface area contributed by atoms with Crippen LogP contribution in [0.3, 0.4) is 0 Å². The number of aromatic nitrogens is 3. The zero-order valence-corrected chi connectivity index (χ0v) is 9.98. The van der Waals surface area contributed by atoms with Crippen LogP contribution >= 0.6 is 0 Å². The van der Waals surface area contributed by atoms with Gasteiger partial charge in [-0.2, -0.15) is 5.10 Å². The van der Waals surface area contributed by atoms with Crippen molar-refractivity contribution >= 4 is 11.8 Å². The van der Waals surface area contributed by atoms with Crippen molar-refractivity contribution in [2.24, 2.45) is 0 Å². The maximum absolute atomic E-state index is 11.7. The number of amides is 2. The second-order valence-electron chi connectivity index (χ2n) is 3.98. The Bertz CT molecular complexity index is 399. The predicted octanol–water partition coefficient (Wildman–Crippen LogP) is -2.10. The van der Waals surface area contributed by atoms with Crippen LogP contribution in [0, 0.1) is 0 Å². The van der Waals surface area contributed by atoms with E-state index in [0.717, 1.165) is 13.1 Å². The Labute approximate surface area is 104 Å². The molecule has 18 heavy (non-hydrogen) atoms. The molecule has 1 fully saturated rings. The molecule has 1 saturated heterocycles. The average Bonchev–Trinajstić information content (AvgIpc) is 2.92. The normalized spacial score (nSPS) is 15.4. The first-order valence-corrected chi connectivity index (χ1v) is 5.89. The zero-order valence-electron chi connectivity index (χ0n) is 9.98. The van der Waals surface area contributed by atoms with Crippen molar-refractivity contribution in [1.29, 1.82) is 0 Å². The fraction of sp³-hybridized carbons (Fsp3) is 0.600. The van der Waals surface area contributed by atoms with E-state index in [1.54, 1.807) is 4.90 Å². The van der Waals surface area contributed by atoms with Gasteiger partial charge in [-0.1, -0.05) is 0 Å². The van der Waals surface area contributed by atoms with E-state index in [1.807, 2.05) is 0 Å². The summed E-state index contributed by atoms with van der Waals surface area (Å²) in [6.07, 6.45) is 1.93. The molecule has 0 aromatic carbocycles. The quantitative estimate of drug-likeness (QED) is 0.534. The number of hydrogen-bond acceptors (Lipinski definition) is 5. The average molecular weight is 252 g/mol. The lowest BCUT2D eigenvalue weighted by atomic mass is 10.3. The first-order chi connectivity index (χ1) is 8.77. The minimum Gasteiger partial charge on any atom is -0.347 e. The highest BCUT2D eigenvalue weighted by atomic mass is 16.2. The van der Waals surface area contributed by atoms with Gasteiger partial charge in [0.1, 0.15) is 12.2 Å². The Hall–Kier alpha value is -1.96. The summed E-state index contributed by atoms with van der Waals surface area (Å²) >= 11 is 0. The summed E-state index contributed by atoms with van der Waals surface area (Å²) in [6, 6.07) is 0. The van der Waals surface area contributed by atoms with E-state index >= 15 is 0 Å². The van der Waals surface area contributed by atoms with Gasteiger partial charge in [-0.15, -0.1) is 0 Å². The smallest absolute Gasteiger partial charge is 0.311 e. The number of carbonyl (C=O) groups excluding carboxylic acids is 2. The van der Waals surface area contributed by atoms with E-state index in [-0.39, 0.29) is 0 Å². The Morgan fingerprint density at radius 2 is 2.17 bits per heavy atom. The summed E-state index contributed by atoms with van der Waals surface area (Å²) in [5, 5.41) is 12.1. The van der Waals surface area contributed by atoms with Crippen molar-refractivity contribution in [3.05, 3.63) is 12.2 Å². The maximum atomic E-state index is 11.7. The summed E-state index contributed by atoms with van der Waals surface area (Å²) in [7, 11) is 0. The lowest BCUT2D eigenvalue weighted by Gasteiger charge is -2.26. The third kappa shape index (κ3) is 3.27. The van der Waals surface area contributed by atoms with Crippen LogP contribution in [0.4, 0.5) is 0 Å². The molecule has 0 saturated carbocycles. The molecule has 8 nitrogen and oxygen atoms in total. The molecule has 1 aliphatic heterocycles. The first-order valence-electron chi connectivity index (χ1n) is 5.89. The van der Waals surface area contributed by atoms with Crippen LogP contribution < -0.4 is 10.6 Å². The largest absolute Gasteiger partial charge is 0.347 e. The molecular weight excluding hydrogens is 236 g/mol. The van der Waals surface area contributed by atoms with Crippen LogP contribution in [0.5, 0.6) is 0 Å². The van der Waals surface area contributed by atoms with Crippen LogP contribution in [0.25, 0.3) is 0 Å². The molecule has 2 amide bonds. The van der Waals surface area contributed by atoms with Gasteiger partial charge in [-0.25, -0.2) is 4.98 Å². The number of H-pyrrole nitrogens is 1. The van der Waals surface area contributed by atoms with Crippen LogP contribution in [0.1, 0.15) is 5.82 Å². The van der Waals surface area contributed by atoms with Crippen LogP contribution in [0.15, 0.2) is 6.33 Å². The van der Waals surface area contributed by atoms with Gasteiger partial charge in [0.05, 0.1) is 0 Å². The fourth-order valence-electron chi connectivity index (χ4n) is 1.73. The van der Waals surface area contributed by atoms with Crippen molar-refractivity contribution < 1.29 is 9.59 Å². The number of piperazine rings is 1. The predicted molar refractivity (Wildman–Crippen MR) is 62.5 cm³/mol. The fourth-order valence-corrected chi connectivity index (χ4v) is 1.73. The first kappa shape index (κ1) is 12.5. The monoisotopic (exact) mass is 252 g/mol. The number of nitrogens with one attached hydrogen (secondary N) is 3. The lowest BCUT2D eigenvalue weighted by molar-refractivity contribution is -0.146. The Morgan fingerprint density at radius 1 is 1.39 bits per heavy atom. The maximum Gasteiger partial charge on any atom is 0.311 e. The molecule has 0 spiro atoms. The zero-order chi connectivity index (χ0) is 12.8. The Balaban J connectivity index is 1.71. The summed E-state index contributed by atoms with van der Waals surface area (Å²) in [5.41, 5.74) is 0. The summed E-state index contributed by atoms with van der Waals surface area (Å²) in [6.45, 7) is 2.99. The third-order valence-electron chi connectivity index (χ3n) is 2.71. The van der Waals surface area contributed by atoms with Crippen molar-refractivity contribution in [1.82, 2.24) is 30.7 Å². The second-order valence-corrected chi connectivity index (χ2v) is 3.98. The molecule has 1 aromatic rings. The Morgan fingerprint density at radius 3 is 2.83 bits per heavy atom. The molecule has 3 N–H and O–H groups in total. The van der Waals surface area contributed by atoms with Gasteiger partial charge in [-0.05, 0) is 0 Å². The molecule has 1 aliphatic rings. The highest BCUT2D eigenvalue weighted by Crippen LogP contribution is 1.93. The number of nitrogens with zero attached hydrogens (tertiary/aromatic N) is 3. The molecule has 2 rings (SSSR count). The molecular formula is C10H16N6O2. The minimum absolute atomic E-state index is 0.367. The molecule has 8 heteroatoms. The minimum atomic E-state index is -0.559. The highest BCUT2D eigenvalue weighted by molar-refractivity contribution is 6.35. The topological polar surface area (TPSA) is 103 Å². The van der Waals surface area contributed by atoms with Gasteiger partial charge in [0.2, 0.25) is 0 Å². The van der Waals surface area contributed by atoms with Crippen LogP contribution in [-0.4, -0.2) is 64.6 Å². The van der Waals surface area contributed by atoms with Crippen LogP contribution in [-0.2, 0) is 16.0 Å². The molecule has 1 aromatic heterocycles. The van der Waals surface area contributed by atoms with Gasteiger partial charge < -0.3 is 15.5 Å². The van der Waals surface area contributed by atoms with E-state index in [4.69, 9.17) is 0 Å². The molecule has 0 atom stereocenters. The summed E-state index contributed by atoms with van der Waals surface area (Å²) in [5.74, 6) is -0.338.